The molecule has 2 heterocycles. The first-order valence-electron chi connectivity index (χ1n) is 8.08. The maximum Gasteiger partial charge on any atom is 0.231 e. The third-order valence-corrected chi connectivity index (χ3v) is 5.88. The molecule has 1 saturated carbocycles. The van der Waals surface area contributed by atoms with Crippen LogP contribution in [-0.2, 0) is 0 Å². The molecule has 3 unspecified atom stereocenters. The van der Waals surface area contributed by atoms with Gasteiger partial charge in [0.25, 0.3) is 0 Å². The number of hydrogen-bond donors (Lipinski definition) is 1. The zero-order valence-electron chi connectivity index (χ0n) is 13.0. The van der Waals surface area contributed by atoms with Gasteiger partial charge in [0, 0.05) is 24.1 Å². The van der Waals surface area contributed by atoms with Crippen LogP contribution in [-0.4, -0.2) is 53.2 Å². The molecule has 2 aliphatic rings. The van der Waals surface area contributed by atoms with Gasteiger partial charge in [0.1, 0.15) is 0 Å². The fourth-order valence-corrected chi connectivity index (χ4v) is 4.65. The second-order valence-corrected chi connectivity index (χ2v) is 7.35. The van der Waals surface area contributed by atoms with Crippen LogP contribution in [0, 0.1) is 0 Å². The zero-order valence-corrected chi connectivity index (χ0v) is 13.9. The SMILES string of the molecule is CNC1CCCCCC1c1nc(C2CSCCN2C)no1. The Kier molecular flexibility index (Phi) is 5.19. The molecule has 1 aliphatic carbocycles. The Morgan fingerprint density at radius 2 is 2.14 bits per heavy atom. The minimum Gasteiger partial charge on any atom is -0.339 e. The van der Waals surface area contributed by atoms with Gasteiger partial charge in [-0.3, -0.25) is 4.90 Å². The Hall–Kier alpha value is -0.590. The number of aromatic nitrogens is 2. The van der Waals surface area contributed by atoms with Crippen molar-refractivity contribution in [3.63, 3.8) is 0 Å². The Morgan fingerprint density at radius 3 is 2.95 bits per heavy atom. The first-order valence-corrected chi connectivity index (χ1v) is 9.24. The number of rotatable bonds is 3. The van der Waals surface area contributed by atoms with Crippen molar-refractivity contribution in [1.29, 1.82) is 0 Å². The first-order chi connectivity index (χ1) is 10.3. The van der Waals surface area contributed by atoms with Crippen molar-refractivity contribution in [2.45, 2.75) is 50.1 Å². The molecular weight excluding hydrogens is 284 g/mol. The van der Waals surface area contributed by atoms with Crippen LogP contribution in [0.3, 0.4) is 0 Å². The molecule has 0 aromatic carbocycles. The van der Waals surface area contributed by atoms with Gasteiger partial charge in [-0.2, -0.15) is 16.7 Å². The fraction of sp³-hybridized carbons (Fsp3) is 0.867. The van der Waals surface area contributed by atoms with Crippen molar-refractivity contribution in [2.75, 3.05) is 32.1 Å². The largest absolute Gasteiger partial charge is 0.339 e. The van der Waals surface area contributed by atoms with Crippen LogP contribution in [0.4, 0.5) is 0 Å². The van der Waals surface area contributed by atoms with Crippen molar-refractivity contribution < 1.29 is 4.52 Å². The van der Waals surface area contributed by atoms with E-state index in [1.807, 2.05) is 18.8 Å². The van der Waals surface area contributed by atoms with E-state index in [2.05, 4.69) is 22.4 Å². The number of nitrogens with one attached hydrogen (secondary N) is 1. The predicted octanol–water partition coefficient (Wildman–Crippen LogP) is 2.43. The molecule has 2 fully saturated rings. The second kappa shape index (κ2) is 7.11. The molecule has 3 atom stereocenters. The second-order valence-electron chi connectivity index (χ2n) is 6.20. The fourth-order valence-electron chi connectivity index (χ4n) is 3.44. The van der Waals surface area contributed by atoms with Crippen molar-refractivity contribution in [3.8, 4) is 0 Å². The lowest BCUT2D eigenvalue weighted by molar-refractivity contribution is 0.254. The summed E-state index contributed by atoms with van der Waals surface area (Å²) in [5.74, 6) is 4.35. The highest BCUT2D eigenvalue weighted by Crippen LogP contribution is 2.33. The first kappa shape index (κ1) is 15.3. The predicted molar refractivity (Wildman–Crippen MR) is 85.7 cm³/mol. The van der Waals surface area contributed by atoms with E-state index in [0.717, 1.165) is 30.4 Å². The van der Waals surface area contributed by atoms with E-state index in [1.165, 1.54) is 31.4 Å². The van der Waals surface area contributed by atoms with E-state index in [9.17, 15) is 0 Å². The molecule has 3 rings (SSSR count). The van der Waals surface area contributed by atoms with Gasteiger partial charge in [0.15, 0.2) is 5.82 Å². The average molecular weight is 310 g/mol. The van der Waals surface area contributed by atoms with Crippen molar-refractivity contribution in [1.82, 2.24) is 20.4 Å². The van der Waals surface area contributed by atoms with E-state index < -0.39 is 0 Å². The molecule has 0 spiro atoms. The highest BCUT2D eigenvalue weighted by Gasteiger charge is 2.31. The van der Waals surface area contributed by atoms with Crippen molar-refractivity contribution >= 4 is 11.8 Å². The third kappa shape index (κ3) is 3.43. The molecule has 6 heteroatoms. The number of hydrogen-bond acceptors (Lipinski definition) is 6. The lowest BCUT2D eigenvalue weighted by Gasteiger charge is -2.29. The molecule has 1 aromatic heterocycles. The molecule has 1 aliphatic heterocycles. The quantitative estimate of drug-likeness (QED) is 0.865. The molecule has 21 heavy (non-hydrogen) atoms. The van der Waals surface area contributed by atoms with Crippen LogP contribution in [0.5, 0.6) is 0 Å². The van der Waals surface area contributed by atoms with Crippen LogP contribution >= 0.6 is 11.8 Å². The lowest BCUT2D eigenvalue weighted by atomic mass is 9.95. The van der Waals surface area contributed by atoms with E-state index >= 15 is 0 Å². The Balaban J connectivity index is 1.76. The molecule has 0 amide bonds. The number of likely N-dealkylation sites (N-methyl/N-ethyl adjacent to an activating group) is 1. The molecule has 118 valence electrons. The summed E-state index contributed by atoms with van der Waals surface area (Å²) in [6.07, 6.45) is 6.24. The summed E-state index contributed by atoms with van der Waals surface area (Å²) in [6, 6.07) is 0.777. The van der Waals surface area contributed by atoms with E-state index in [1.54, 1.807) is 0 Å². The molecule has 0 radical (unpaired) electrons. The third-order valence-electron chi connectivity index (χ3n) is 4.86. The maximum atomic E-state index is 5.66. The van der Waals surface area contributed by atoms with Gasteiger partial charge in [-0.15, -0.1) is 0 Å². The summed E-state index contributed by atoms with van der Waals surface area (Å²) in [5.41, 5.74) is 0. The smallest absolute Gasteiger partial charge is 0.231 e. The van der Waals surface area contributed by atoms with Gasteiger partial charge in [-0.1, -0.05) is 24.4 Å². The summed E-state index contributed by atoms with van der Waals surface area (Å²) < 4.78 is 5.66. The Morgan fingerprint density at radius 1 is 1.29 bits per heavy atom. The Bertz CT molecular complexity index is 453. The van der Waals surface area contributed by atoms with E-state index in [4.69, 9.17) is 9.51 Å². The van der Waals surface area contributed by atoms with Crippen LogP contribution in [0.15, 0.2) is 4.52 Å². The molecule has 1 N–H and O–H groups in total. The van der Waals surface area contributed by atoms with Gasteiger partial charge in [0.2, 0.25) is 5.89 Å². The maximum absolute atomic E-state index is 5.66. The summed E-state index contributed by atoms with van der Waals surface area (Å²) in [4.78, 5) is 7.12. The zero-order chi connectivity index (χ0) is 14.7. The van der Waals surface area contributed by atoms with Crippen LogP contribution in [0.25, 0.3) is 0 Å². The minimum absolute atomic E-state index is 0.306. The number of nitrogens with zero attached hydrogens (tertiary/aromatic N) is 3. The molecule has 0 bridgehead atoms. The van der Waals surface area contributed by atoms with Crippen LogP contribution < -0.4 is 5.32 Å². The lowest BCUT2D eigenvalue weighted by Crippen LogP contribution is -2.33. The van der Waals surface area contributed by atoms with Gasteiger partial charge >= 0.3 is 0 Å². The highest BCUT2D eigenvalue weighted by atomic mass is 32.2. The van der Waals surface area contributed by atoms with Crippen LogP contribution in [0.2, 0.25) is 0 Å². The van der Waals surface area contributed by atoms with Gasteiger partial charge in [-0.05, 0) is 26.9 Å². The average Bonchev–Trinajstić information content (AvgIpc) is 2.85. The minimum atomic E-state index is 0.306. The Labute approximate surface area is 131 Å². The standard InChI is InChI=1S/C15H26N4OS/c1-16-12-7-5-3-4-6-11(12)15-17-14(18-20-15)13-10-21-9-8-19(13)2/h11-13,16H,3-10H2,1-2H3. The summed E-state index contributed by atoms with van der Waals surface area (Å²) >= 11 is 1.98. The van der Waals surface area contributed by atoms with Gasteiger partial charge in [-0.25, -0.2) is 0 Å². The van der Waals surface area contributed by atoms with E-state index in [0.29, 0.717) is 18.0 Å². The highest BCUT2D eigenvalue weighted by molar-refractivity contribution is 7.99. The van der Waals surface area contributed by atoms with Crippen molar-refractivity contribution in [3.05, 3.63) is 11.7 Å². The normalized spacial score (nSPS) is 32.0. The molecule has 5 nitrogen and oxygen atoms in total. The van der Waals surface area contributed by atoms with Crippen molar-refractivity contribution in [2.24, 2.45) is 0 Å². The van der Waals surface area contributed by atoms with Gasteiger partial charge in [0.05, 0.1) is 12.0 Å². The van der Waals surface area contributed by atoms with Crippen LogP contribution in [0.1, 0.15) is 55.8 Å². The molecule has 1 saturated heterocycles. The molecule has 1 aromatic rings. The monoisotopic (exact) mass is 310 g/mol. The summed E-state index contributed by atoms with van der Waals surface area (Å²) in [5, 5.41) is 7.74. The van der Waals surface area contributed by atoms with Gasteiger partial charge < -0.3 is 9.84 Å². The summed E-state index contributed by atoms with van der Waals surface area (Å²) in [7, 11) is 4.20. The molecular formula is C15H26N4OS. The number of thioether (sulfide) groups is 1. The topological polar surface area (TPSA) is 54.2 Å². The van der Waals surface area contributed by atoms with E-state index in [-0.39, 0.29) is 0 Å². The summed E-state index contributed by atoms with van der Waals surface area (Å²) in [6.45, 7) is 1.10.